The fourth-order valence-electron chi connectivity index (χ4n) is 3.60. The van der Waals surface area contributed by atoms with E-state index < -0.39 is 0 Å². The number of carbonyl (C=O) groups is 1. The van der Waals surface area contributed by atoms with E-state index in [1.165, 1.54) is 16.8 Å². The highest BCUT2D eigenvalue weighted by Gasteiger charge is 2.30. The van der Waals surface area contributed by atoms with E-state index in [1.54, 1.807) is 0 Å². The minimum atomic E-state index is -0.122. The van der Waals surface area contributed by atoms with Crippen LogP contribution in [0.15, 0.2) is 48.5 Å². The number of carbonyl (C=O) groups excluding carboxylic acids is 1. The third-order valence-electron chi connectivity index (χ3n) is 4.79. The predicted octanol–water partition coefficient (Wildman–Crippen LogP) is 2.55. The maximum Gasteiger partial charge on any atom is 0.247 e. The lowest BCUT2D eigenvalue weighted by Gasteiger charge is -2.31. The Bertz CT molecular complexity index is 728. The van der Waals surface area contributed by atoms with Gasteiger partial charge in [0.1, 0.15) is 6.04 Å². The number of amides is 1. The zero-order valence-electron chi connectivity index (χ0n) is 13.1. The molecule has 1 amide bonds. The van der Waals surface area contributed by atoms with Gasteiger partial charge in [-0.15, -0.1) is 0 Å². The summed E-state index contributed by atoms with van der Waals surface area (Å²) in [5.74, 6) is 0.103. The molecule has 0 saturated heterocycles. The molecule has 2 aromatic rings. The van der Waals surface area contributed by atoms with Gasteiger partial charge in [-0.2, -0.15) is 0 Å². The molecule has 4 heteroatoms. The van der Waals surface area contributed by atoms with E-state index in [0.717, 1.165) is 38.2 Å². The van der Waals surface area contributed by atoms with Crippen molar-refractivity contribution in [2.75, 3.05) is 23.3 Å². The van der Waals surface area contributed by atoms with Crippen LogP contribution in [0.5, 0.6) is 0 Å². The molecule has 0 aliphatic carbocycles. The topological polar surface area (TPSA) is 44.4 Å². The van der Waals surface area contributed by atoms with Crippen LogP contribution in [0, 0.1) is 0 Å². The van der Waals surface area contributed by atoms with Crippen LogP contribution in [-0.4, -0.2) is 25.0 Å². The molecule has 2 aliphatic rings. The van der Waals surface area contributed by atoms with Gasteiger partial charge < -0.3 is 15.5 Å². The molecular formula is C19H21N3O. The molecule has 2 N–H and O–H groups in total. The van der Waals surface area contributed by atoms with E-state index in [1.807, 2.05) is 18.2 Å². The predicted molar refractivity (Wildman–Crippen MR) is 92.7 cm³/mol. The zero-order valence-corrected chi connectivity index (χ0v) is 13.1. The maximum absolute atomic E-state index is 12.8. The second kappa shape index (κ2) is 6.05. The van der Waals surface area contributed by atoms with Gasteiger partial charge in [0.15, 0.2) is 0 Å². The molecule has 0 saturated carbocycles. The van der Waals surface area contributed by atoms with Gasteiger partial charge >= 0.3 is 0 Å². The highest BCUT2D eigenvalue weighted by Crippen LogP contribution is 2.29. The number of anilines is 2. The van der Waals surface area contributed by atoms with Crippen molar-refractivity contribution >= 4 is 17.3 Å². The highest BCUT2D eigenvalue weighted by molar-refractivity contribution is 5.98. The van der Waals surface area contributed by atoms with Gasteiger partial charge in [0, 0.05) is 31.0 Å². The molecule has 2 aromatic carbocycles. The van der Waals surface area contributed by atoms with Crippen molar-refractivity contribution < 1.29 is 4.79 Å². The average Bonchev–Trinajstić information content (AvgIpc) is 2.88. The molecule has 0 fully saturated rings. The van der Waals surface area contributed by atoms with Crippen molar-refractivity contribution in [1.82, 2.24) is 5.32 Å². The van der Waals surface area contributed by atoms with Gasteiger partial charge in [0.05, 0.1) is 0 Å². The Balaban J connectivity index is 1.67. The largest absolute Gasteiger partial charge is 0.358 e. The standard InChI is InChI=1S/C19H21N3O/c23-19-18(10-9-14-5-1-3-7-16(14)21-19)22-12-11-20-13-15-6-2-4-8-17(15)22/h1-8,18,20H,9-13H2,(H,21,23). The van der Waals surface area contributed by atoms with E-state index in [9.17, 15) is 4.79 Å². The minimum Gasteiger partial charge on any atom is -0.358 e. The van der Waals surface area contributed by atoms with Crippen molar-refractivity contribution in [3.8, 4) is 0 Å². The van der Waals surface area contributed by atoms with Crippen molar-refractivity contribution in [3.05, 3.63) is 59.7 Å². The number of aryl methyl sites for hydroxylation is 1. The maximum atomic E-state index is 12.8. The van der Waals surface area contributed by atoms with Crippen molar-refractivity contribution in [3.63, 3.8) is 0 Å². The molecule has 2 aliphatic heterocycles. The summed E-state index contributed by atoms with van der Waals surface area (Å²) in [6.45, 7) is 2.61. The highest BCUT2D eigenvalue weighted by atomic mass is 16.2. The summed E-state index contributed by atoms with van der Waals surface area (Å²) in [4.78, 5) is 15.1. The number of rotatable bonds is 1. The third-order valence-corrected chi connectivity index (χ3v) is 4.79. The van der Waals surface area contributed by atoms with Crippen LogP contribution < -0.4 is 15.5 Å². The van der Waals surface area contributed by atoms with Crippen LogP contribution in [0.1, 0.15) is 17.5 Å². The molecule has 118 valence electrons. The molecule has 1 unspecified atom stereocenters. The molecule has 0 spiro atoms. The van der Waals surface area contributed by atoms with E-state index in [0.29, 0.717) is 0 Å². The SMILES string of the molecule is O=C1Nc2ccccc2CCC1N1CCNCc2ccccc21. The lowest BCUT2D eigenvalue weighted by atomic mass is 10.0. The number of nitrogens with one attached hydrogen (secondary N) is 2. The Morgan fingerprint density at radius 3 is 2.70 bits per heavy atom. The first kappa shape index (κ1) is 14.3. The van der Waals surface area contributed by atoms with Crippen LogP contribution in [0.2, 0.25) is 0 Å². The van der Waals surface area contributed by atoms with Crippen LogP contribution in [0.4, 0.5) is 11.4 Å². The monoisotopic (exact) mass is 307 g/mol. The number of hydrogen-bond acceptors (Lipinski definition) is 3. The Kier molecular flexibility index (Phi) is 3.75. The number of benzene rings is 2. The summed E-state index contributed by atoms with van der Waals surface area (Å²) in [6, 6.07) is 16.4. The molecule has 4 rings (SSSR count). The first-order valence-corrected chi connectivity index (χ1v) is 8.27. The Morgan fingerprint density at radius 1 is 1.00 bits per heavy atom. The van der Waals surface area contributed by atoms with Gasteiger partial charge in [-0.1, -0.05) is 36.4 Å². The van der Waals surface area contributed by atoms with Crippen LogP contribution in [-0.2, 0) is 17.8 Å². The Morgan fingerprint density at radius 2 is 1.78 bits per heavy atom. The second-order valence-electron chi connectivity index (χ2n) is 6.20. The van der Waals surface area contributed by atoms with Gasteiger partial charge in [-0.25, -0.2) is 0 Å². The molecule has 0 radical (unpaired) electrons. The average molecular weight is 307 g/mol. The second-order valence-corrected chi connectivity index (χ2v) is 6.20. The van der Waals surface area contributed by atoms with Crippen molar-refractivity contribution in [2.45, 2.75) is 25.4 Å². The third kappa shape index (κ3) is 2.70. The first-order chi connectivity index (χ1) is 11.3. The fraction of sp³-hybridized carbons (Fsp3) is 0.316. The van der Waals surface area contributed by atoms with E-state index >= 15 is 0 Å². The Labute approximate surface area is 136 Å². The number of fused-ring (bicyclic) bond motifs is 2. The van der Waals surface area contributed by atoms with Crippen LogP contribution in [0.25, 0.3) is 0 Å². The zero-order chi connectivity index (χ0) is 15.6. The summed E-state index contributed by atoms with van der Waals surface area (Å²) in [6.07, 6.45) is 1.77. The number of hydrogen-bond donors (Lipinski definition) is 2. The normalized spacial score (nSPS) is 20.8. The molecule has 23 heavy (non-hydrogen) atoms. The lowest BCUT2D eigenvalue weighted by molar-refractivity contribution is -0.117. The number of nitrogens with zero attached hydrogens (tertiary/aromatic N) is 1. The van der Waals surface area contributed by atoms with Gasteiger partial charge in [0.2, 0.25) is 5.91 Å². The summed E-state index contributed by atoms with van der Waals surface area (Å²) in [5.41, 5.74) is 4.63. The van der Waals surface area contributed by atoms with Gasteiger partial charge in [0.25, 0.3) is 0 Å². The smallest absolute Gasteiger partial charge is 0.247 e. The van der Waals surface area contributed by atoms with Gasteiger partial charge in [-0.3, -0.25) is 4.79 Å². The summed E-state index contributed by atoms with van der Waals surface area (Å²) >= 11 is 0. The number of para-hydroxylation sites is 2. The first-order valence-electron chi connectivity index (χ1n) is 8.27. The molecule has 0 aromatic heterocycles. The van der Waals surface area contributed by atoms with Crippen LogP contribution in [0.3, 0.4) is 0 Å². The lowest BCUT2D eigenvalue weighted by Crippen LogP contribution is -2.45. The van der Waals surface area contributed by atoms with Crippen LogP contribution >= 0.6 is 0 Å². The van der Waals surface area contributed by atoms with Crippen molar-refractivity contribution in [2.24, 2.45) is 0 Å². The molecular weight excluding hydrogens is 286 g/mol. The molecule has 1 atom stereocenters. The quantitative estimate of drug-likeness (QED) is 0.851. The Hall–Kier alpha value is -2.33. The molecule has 4 nitrogen and oxygen atoms in total. The van der Waals surface area contributed by atoms with Crippen molar-refractivity contribution in [1.29, 1.82) is 0 Å². The van der Waals surface area contributed by atoms with Gasteiger partial charge in [-0.05, 0) is 36.1 Å². The summed E-state index contributed by atoms with van der Waals surface area (Å²) in [7, 11) is 0. The molecule has 0 bridgehead atoms. The summed E-state index contributed by atoms with van der Waals surface area (Å²) < 4.78 is 0. The molecule has 2 heterocycles. The fourth-order valence-corrected chi connectivity index (χ4v) is 3.60. The minimum absolute atomic E-state index is 0.103. The summed E-state index contributed by atoms with van der Waals surface area (Å²) in [5, 5.41) is 6.57. The van der Waals surface area contributed by atoms with E-state index in [2.05, 4.69) is 45.9 Å². The van der Waals surface area contributed by atoms with E-state index in [-0.39, 0.29) is 11.9 Å². The van der Waals surface area contributed by atoms with E-state index in [4.69, 9.17) is 0 Å².